The number of methoxy groups -OCH3 is 1. The van der Waals surface area contributed by atoms with Gasteiger partial charge in [-0.05, 0) is 63.8 Å². The highest BCUT2D eigenvalue weighted by atomic mass is 32.2. The molecule has 0 fully saturated rings. The second-order valence-corrected chi connectivity index (χ2v) is 8.46. The standard InChI is InChI=1S/C21H26O2S/c1-14-12-18(16(3)20(22)23-6)19(13-15(14)2)21(4,5)24-17-10-8-7-9-11-17/h7-11H,3,12-13H2,1-2,4-6H3. The summed E-state index contributed by atoms with van der Waals surface area (Å²) in [5, 5.41) is 0. The molecule has 0 amide bonds. The first-order chi connectivity index (χ1) is 11.3. The molecule has 128 valence electrons. The predicted molar refractivity (Wildman–Crippen MR) is 102 cm³/mol. The molecule has 0 unspecified atom stereocenters. The minimum Gasteiger partial charge on any atom is -0.465 e. The number of ether oxygens (including phenoxy) is 1. The van der Waals surface area contributed by atoms with Crippen molar-refractivity contribution < 1.29 is 9.53 Å². The summed E-state index contributed by atoms with van der Waals surface area (Å²) in [5.41, 5.74) is 5.50. The number of hydrogen-bond donors (Lipinski definition) is 0. The molecule has 0 heterocycles. The van der Waals surface area contributed by atoms with Crippen molar-refractivity contribution in [1.29, 1.82) is 0 Å². The zero-order valence-electron chi connectivity index (χ0n) is 15.2. The van der Waals surface area contributed by atoms with Crippen LogP contribution in [0.4, 0.5) is 0 Å². The van der Waals surface area contributed by atoms with Crippen LogP contribution in [0.15, 0.2) is 69.7 Å². The van der Waals surface area contributed by atoms with Gasteiger partial charge in [-0.3, -0.25) is 0 Å². The first-order valence-electron chi connectivity index (χ1n) is 8.15. The molecule has 0 saturated heterocycles. The van der Waals surface area contributed by atoms with E-state index in [1.165, 1.54) is 28.7 Å². The lowest BCUT2D eigenvalue weighted by molar-refractivity contribution is -0.135. The minimum absolute atomic E-state index is 0.129. The van der Waals surface area contributed by atoms with E-state index in [0.29, 0.717) is 5.57 Å². The van der Waals surface area contributed by atoms with E-state index in [1.807, 2.05) is 17.8 Å². The fourth-order valence-electron chi connectivity index (χ4n) is 3.00. The summed E-state index contributed by atoms with van der Waals surface area (Å²) in [6, 6.07) is 10.4. The van der Waals surface area contributed by atoms with Crippen LogP contribution in [0, 0.1) is 0 Å². The summed E-state index contributed by atoms with van der Waals surface area (Å²) >= 11 is 1.82. The van der Waals surface area contributed by atoms with Gasteiger partial charge in [0.05, 0.1) is 12.7 Å². The number of rotatable bonds is 5. The summed E-state index contributed by atoms with van der Waals surface area (Å²) in [6.07, 6.45) is 1.65. The molecule has 0 aromatic heterocycles. The highest BCUT2D eigenvalue weighted by molar-refractivity contribution is 8.00. The molecule has 1 aromatic carbocycles. The van der Waals surface area contributed by atoms with Crippen molar-refractivity contribution in [3.8, 4) is 0 Å². The Labute approximate surface area is 149 Å². The molecule has 0 bridgehead atoms. The van der Waals surface area contributed by atoms with Crippen molar-refractivity contribution in [2.24, 2.45) is 0 Å². The first kappa shape index (κ1) is 18.6. The number of thioether (sulfide) groups is 1. The third kappa shape index (κ3) is 4.02. The number of benzene rings is 1. The lowest BCUT2D eigenvalue weighted by Crippen LogP contribution is -2.24. The predicted octanol–water partition coefficient (Wildman–Crippen LogP) is 5.71. The van der Waals surface area contributed by atoms with Crippen molar-refractivity contribution in [2.75, 3.05) is 7.11 Å². The molecular formula is C21H26O2S. The van der Waals surface area contributed by atoms with E-state index in [-0.39, 0.29) is 10.7 Å². The molecule has 2 rings (SSSR count). The van der Waals surface area contributed by atoms with E-state index in [4.69, 9.17) is 4.74 Å². The molecule has 0 atom stereocenters. The minimum atomic E-state index is -0.338. The van der Waals surface area contributed by atoms with E-state index in [0.717, 1.165) is 18.4 Å². The Morgan fingerprint density at radius 1 is 1.12 bits per heavy atom. The molecule has 3 heteroatoms. The Kier molecular flexibility index (Phi) is 5.76. The fraction of sp³-hybridized carbons (Fsp3) is 0.381. The van der Waals surface area contributed by atoms with Gasteiger partial charge in [0.15, 0.2) is 0 Å². The summed E-state index contributed by atoms with van der Waals surface area (Å²) < 4.78 is 4.78. The van der Waals surface area contributed by atoms with Gasteiger partial charge < -0.3 is 4.74 Å². The Morgan fingerprint density at radius 3 is 2.29 bits per heavy atom. The Balaban J connectivity index is 2.43. The summed E-state index contributed by atoms with van der Waals surface area (Å²) in [7, 11) is 1.41. The number of esters is 1. The molecule has 1 aliphatic rings. The Hall–Kier alpha value is -1.74. The number of carbonyl (C=O) groups is 1. The summed E-state index contributed by atoms with van der Waals surface area (Å²) in [6.45, 7) is 12.8. The zero-order valence-corrected chi connectivity index (χ0v) is 16.0. The maximum Gasteiger partial charge on any atom is 0.337 e. The van der Waals surface area contributed by atoms with Crippen LogP contribution in [0.5, 0.6) is 0 Å². The van der Waals surface area contributed by atoms with E-state index in [1.54, 1.807) is 0 Å². The van der Waals surface area contributed by atoms with Crippen molar-refractivity contribution in [3.63, 3.8) is 0 Å². The van der Waals surface area contributed by atoms with E-state index in [2.05, 4.69) is 58.5 Å². The van der Waals surface area contributed by atoms with Gasteiger partial charge >= 0.3 is 5.97 Å². The van der Waals surface area contributed by atoms with Gasteiger partial charge in [0.2, 0.25) is 0 Å². The average molecular weight is 343 g/mol. The van der Waals surface area contributed by atoms with Crippen LogP contribution in [0.3, 0.4) is 0 Å². The largest absolute Gasteiger partial charge is 0.465 e. The van der Waals surface area contributed by atoms with Gasteiger partial charge in [-0.15, -0.1) is 11.8 Å². The van der Waals surface area contributed by atoms with Gasteiger partial charge in [0.25, 0.3) is 0 Å². The molecule has 24 heavy (non-hydrogen) atoms. The number of allylic oxidation sites excluding steroid dienone is 2. The van der Waals surface area contributed by atoms with Crippen LogP contribution >= 0.6 is 11.8 Å². The Bertz CT molecular complexity index is 709. The monoisotopic (exact) mass is 342 g/mol. The molecule has 0 N–H and O–H groups in total. The van der Waals surface area contributed by atoms with Gasteiger partial charge in [-0.1, -0.05) is 35.9 Å². The highest BCUT2D eigenvalue weighted by Gasteiger charge is 2.32. The van der Waals surface area contributed by atoms with Crippen LogP contribution in [0.2, 0.25) is 0 Å². The maximum absolute atomic E-state index is 12.1. The van der Waals surface area contributed by atoms with Crippen LogP contribution < -0.4 is 0 Å². The van der Waals surface area contributed by atoms with Crippen molar-refractivity contribution in [1.82, 2.24) is 0 Å². The van der Waals surface area contributed by atoms with Gasteiger partial charge in [0.1, 0.15) is 0 Å². The van der Waals surface area contributed by atoms with Gasteiger partial charge in [0, 0.05) is 9.64 Å². The molecule has 1 aliphatic carbocycles. The van der Waals surface area contributed by atoms with Crippen molar-refractivity contribution in [2.45, 2.75) is 50.2 Å². The number of hydrogen-bond acceptors (Lipinski definition) is 3. The third-order valence-electron chi connectivity index (χ3n) is 4.62. The molecular weight excluding hydrogens is 316 g/mol. The zero-order chi connectivity index (χ0) is 17.9. The molecule has 0 radical (unpaired) electrons. The molecule has 0 spiro atoms. The van der Waals surface area contributed by atoms with Gasteiger partial charge in [-0.25, -0.2) is 4.79 Å². The highest BCUT2D eigenvalue weighted by Crippen LogP contribution is 2.46. The maximum atomic E-state index is 12.1. The van der Waals surface area contributed by atoms with E-state index >= 15 is 0 Å². The molecule has 1 aromatic rings. The van der Waals surface area contributed by atoms with Crippen LogP contribution in [0.25, 0.3) is 0 Å². The molecule has 0 aliphatic heterocycles. The lowest BCUT2D eigenvalue weighted by atomic mass is 9.79. The first-order valence-corrected chi connectivity index (χ1v) is 8.97. The quantitative estimate of drug-likeness (QED) is 0.296. The number of carbonyl (C=O) groups excluding carboxylic acids is 1. The summed E-state index contributed by atoms with van der Waals surface area (Å²) in [5.74, 6) is -0.338. The van der Waals surface area contributed by atoms with E-state index in [9.17, 15) is 4.79 Å². The van der Waals surface area contributed by atoms with Crippen molar-refractivity contribution in [3.05, 3.63) is 64.8 Å². The topological polar surface area (TPSA) is 26.3 Å². The Morgan fingerprint density at radius 2 is 1.71 bits per heavy atom. The average Bonchev–Trinajstić information content (AvgIpc) is 2.56. The van der Waals surface area contributed by atoms with Crippen LogP contribution in [0.1, 0.15) is 40.5 Å². The summed E-state index contributed by atoms with van der Waals surface area (Å²) in [4.78, 5) is 13.3. The second kappa shape index (κ2) is 7.43. The smallest absolute Gasteiger partial charge is 0.337 e. The second-order valence-electron chi connectivity index (χ2n) is 6.77. The van der Waals surface area contributed by atoms with Crippen LogP contribution in [-0.4, -0.2) is 17.8 Å². The van der Waals surface area contributed by atoms with Gasteiger partial charge in [-0.2, -0.15) is 0 Å². The van der Waals surface area contributed by atoms with Crippen molar-refractivity contribution >= 4 is 17.7 Å². The van der Waals surface area contributed by atoms with E-state index < -0.39 is 0 Å². The van der Waals surface area contributed by atoms with Crippen LogP contribution in [-0.2, 0) is 9.53 Å². The normalized spacial score (nSPS) is 15.5. The lowest BCUT2D eigenvalue weighted by Gasteiger charge is -2.34. The molecule has 0 saturated carbocycles. The third-order valence-corrected chi connectivity index (χ3v) is 5.88. The molecule has 2 nitrogen and oxygen atoms in total. The SMILES string of the molecule is C=C(C(=O)OC)C1=C(C(C)(C)Sc2ccccc2)CC(C)=C(C)C1. The fourth-order valence-corrected chi connectivity index (χ4v) is 4.20.